The summed E-state index contributed by atoms with van der Waals surface area (Å²) < 4.78 is 15.5. The maximum atomic E-state index is 6.00. The van der Waals surface area contributed by atoms with E-state index in [0.29, 0.717) is 19.1 Å². The van der Waals surface area contributed by atoms with Gasteiger partial charge in [0.25, 0.3) is 0 Å². The minimum absolute atomic E-state index is 0.222. The molecule has 2 atom stereocenters. The molecule has 4 nitrogen and oxygen atoms in total. The Morgan fingerprint density at radius 2 is 2.29 bits per heavy atom. The number of nitrogens with two attached hydrogens (primary N) is 1. The summed E-state index contributed by atoms with van der Waals surface area (Å²) in [5.41, 5.74) is 6.00. The van der Waals surface area contributed by atoms with Crippen LogP contribution >= 0.6 is 0 Å². The summed E-state index contributed by atoms with van der Waals surface area (Å²) in [5.74, 6) is 0.529. The van der Waals surface area contributed by atoms with Crippen LogP contribution in [0.4, 0.5) is 0 Å². The molecule has 0 radical (unpaired) electrons. The van der Waals surface area contributed by atoms with Crippen molar-refractivity contribution >= 4 is 0 Å². The molecule has 1 aliphatic heterocycles. The lowest BCUT2D eigenvalue weighted by Gasteiger charge is -2.17. The SMILES string of the molecule is COCCOCCC(N)C1CCOC1. The maximum absolute atomic E-state index is 6.00. The second kappa shape index (κ2) is 7.17. The summed E-state index contributed by atoms with van der Waals surface area (Å²) in [6.45, 7) is 3.72. The van der Waals surface area contributed by atoms with Gasteiger partial charge in [0.2, 0.25) is 0 Å². The van der Waals surface area contributed by atoms with Crippen LogP contribution in [0.3, 0.4) is 0 Å². The fourth-order valence-corrected chi connectivity index (χ4v) is 1.59. The molecule has 0 spiro atoms. The molecule has 1 fully saturated rings. The quantitative estimate of drug-likeness (QED) is 0.609. The smallest absolute Gasteiger partial charge is 0.0700 e. The van der Waals surface area contributed by atoms with Crippen molar-refractivity contribution in [3.63, 3.8) is 0 Å². The van der Waals surface area contributed by atoms with Gasteiger partial charge in [0.15, 0.2) is 0 Å². The Morgan fingerprint density at radius 1 is 1.43 bits per heavy atom. The Morgan fingerprint density at radius 3 is 2.93 bits per heavy atom. The van der Waals surface area contributed by atoms with Crippen LogP contribution in [0.2, 0.25) is 0 Å². The Bertz CT molecular complexity index is 137. The zero-order chi connectivity index (χ0) is 10.2. The standard InChI is InChI=1S/C10H21NO3/c1-12-6-7-13-5-3-10(11)9-2-4-14-8-9/h9-10H,2-8,11H2,1H3. The molecular formula is C10H21NO3. The predicted molar refractivity (Wildman–Crippen MR) is 54.2 cm³/mol. The van der Waals surface area contributed by atoms with Gasteiger partial charge < -0.3 is 19.9 Å². The molecule has 2 N–H and O–H groups in total. The van der Waals surface area contributed by atoms with Crippen molar-refractivity contribution in [1.29, 1.82) is 0 Å². The molecule has 1 rings (SSSR count). The van der Waals surface area contributed by atoms with Crippen molar-refractivity contribution in [2.75, 3.05) is 40.1 Å². The van der Waals surface area contributed by atoms with Crippen molar-refractivity contribution < 1.29 is 14.2 Å². The van der Waals surface area contributed by atoms with Crippen LogP contribution in [0.1, 0.15) is 12.8 Å². The molecule has 0 aromatic carbocycles. The minimum Gasteiger partial charge on any atom is -0.382 e. The van der Waals surface area contributed by atoms with Gasteiger partial charge in [0.05, 0.1) is 19.8 Å². The van der Waals surface area contributed by atoms with Crippen LogP contribution < -0.4 is 5.73 Å². The van der Waals surface area contributed by atoms with Gasteiger partial charge >= 0.3 is 0 Å². The molecule has 4 heteroatoms. The maximum Gasteiger partial charge on any atom is 0.0700 e. The van der Waals surface area contributed by atoms with Gasteiger partial charge in [-0.3, -0.25) is 0 Å². The average molecular weight is 203 g/mol. The first-order valence-corrected chi connectivity index (χ1v) is 5.24. The highest BCUT2D eigenvalue weighted by molar-refractivity contribution is 4.75. The second-order valence-electron chi connectivity index (χ2n) is 3.68. The zero-order valence-corrected chi connectivity index (χ0v) is 8.91. The highest BCUT2D eigenvalue weighted by Gasteiger charge is 2.22. The van der Waals surface area contributed by atoms with E-state index in [2.05, 4.69) is 0 Å². The molecule has 0 saturated carbocycles. The summed E-state index contributed by atoms with van der Waals surface area (Å²) in [6.07, 6.45) is 2.01. The molecule has 0 aliphatic carbocycles. The first-order valence-electron chi connectivity index (χ1n) is 5.24. The molecule has 0 amide bonds. The van der Waals surface area contributed by atoms with E-state index in [0.717, 1.165) is 32.7 Å². The topological polar surface area (TPSA) is 53.7 Å². The molecule has 0 bridgehead atoms. The van der Waals surface area contributed by atoms with Gasteiger partial charge in [0.1, 0.15) is 0 Å². The van der Waals surface area contributed by atoms with Crippen molar-refractivity contribution in [2.24, 2.45) is 11.7 Å². The van der Waals surface area contributed by atoms with Crippen LogP contribution in [0.5, 0.6) is 0 Å². The summed E-state index contributed by atoms with van der Waals surface area (Å²) in [5, 5.41) is 0. The van der Waals surface area contributed by atoms with E-state index in [1.165, 1.54) is 0 Å². The lowest BCUT2D eigenvalue weighted by atomic mass is 9.98. The van der Waals surface area contributed by atoms with Crippen LogP contribution in [-0.2, 0) is 14.2 Å². The van der Waals surface area contributed by atoms with E-state index in [1.54, 1.807) is 7.11 Å². The number of hydrogen-bond donors (Lipinski definition) is 1. The third kappa shape index (κ3) is 4.37. The van der Waals surface area contributed by atoms with E-state index < -0.39 is 0 Å². The van der Waals surface area contributed by atoms with Crippen molar-refractivity contribution in [1.82, 2.24) is 0 Å². The monoisotopic (exact) mass is 203 g/mol. The van der Waals surface area contributed by atoms with E-state index >= 15 is 0 Å². The van der Waals surface area contributed by atoms with E-state index in [4.69, 9.17) is 19.9 Å². The van der Waals surface area contributed by atoms with Gasteiger partial charge in [0, 0.05) is 26.4 Å². The van der Waals surface area contributed by atoms with Gasteiger partial charge in [-0.05, 0) is 18.8 Å². The summed E-state index contributed by atoms with van der Waals surface area (Å²) in [4.78, 5) is 0. The molecule has 2 unspecified atom stereocenters. The van der Waals surface area contributed by atoms with E-state index in [9.17, 15) is 0 Å². The highest BCUT2D eigenvalue weighted by atomic mass is 16.5. The first kappa shape index (κ1) is 11.9. The molecule has 1 aliphatic rings. The third-order valence-corrected chi connectivity index (χ3v) is 2.60. The molecule has 1 heterocycles. The molecule has 84 valence electrons. The van der Waals surface area contributed by atoms with Crippen molar-refractivity contribution in [2.45, 2.75) is 18.9 Å². The zero-order valence-electron chi connectivity index (χ0n) is 8.91. The first-order chi connectivity index (χ1) is 6.84. The number of methoxy groups -OCH3 is 1. The predicted octanol–water partition coefficient (Wildman–Crippen LogP) is 0.403. The van der Waals surface area contributed by atoms with E-state index in [-0.39, 0.29) is 6.04 Å². The lowest BCUT2D eigenvalue weighted by molar-refractivity contribution is 0.0644. The Kier molecular flexibility index (Phi) is 6.10. The van der Waals surface area contributed by atoms with Gasteiger partial charge in [-0.2, -0.15) is 0 Å². The second-order valence-corrected chi connectivity index (χ2v) is 3.68. The minimum atomic E-state index is 0.222. The van der Waals surface area contributed by atoms with Crippen LogP contribution in [-0.4, -0.2) is 46.2 Å². The summed E-state index contributed by atoms with van der Waals surface area (Å²) in [7, 11) is 1.67. The summed E-state index contributed by atoms with van der Waals surface area (Å²) in [6, 6.07) is 0.222. The molecular weight excluding hydrogens is 182 g/mol. The lowest BCUT2D eigenvalue weighted by Crippen LogP contribution is -2.31. The van der Waals surface area contributed by atoms with Crippen LogP contribution in [0, 0.1) is 5.92 Å². The molecule has 0 aromatic heterocycles. The van der Waals surface area contributed by atoms with Crippen LogP contribution in [0.15, 0.2) is 0 Å². The van der Waals surface area contributed by atoms with Crippen molar-refractivity contribution in [3.05, 3.63) is 0 Å². The van der Waals surface area contributed by atoms with Gasteiger partial charge in [-0.25, -0.2) is 0 Å². The largest absolute Gasteiger partial charge is 0.382 e. The highest BCUT2D eigenvalue weighted by Crippen LogP contribution is 2.17. The van der Waals surface area contributed by atoms with Crippen LogP contribution in [0.25, 0.3) is 0 Å². The molecule has 14 heavy (non-hydrogen) atoms. The van der Waals surface area contributed by atoms with E-state index in [1.807, 2.05) is 0 Å². The average Bonchev–Trinajstić information content (AvgIpc) is 2.70. The fourth-order valence-electron chi connectivity index (χ4n) is 1.59. The van der Waals surface area contributed by atoms with Crippen molar-refractivity contribution in [3.8, 4) is 0 Å². The van der Waals surface area contributed by atoms with Gasteiger partial charge in [-0.1, -0.05) is 0 Å². The number of hydrogen-bond acceptors (Lipinski definition) is 4. The Labute approximate surface area is 85.7 Å². The number of ether oxygens (including phenoxy) is 3. The third-order valence-electron chi connectivity index (χ3n) is 2.60. The Balaban J connectivity index is 1.94. The van der Waals surface area contributed by atoms with Gasteiger partial charge in [-0.15, -0.1) is 0 Å². The molecule has 1 saturated heterocycles. The normalized spacial score (nSPS) is 24.0. The summed E-state index contributed by atoms with van der Waals surface area (Å²) >= 11 is 0. The molecule has 0 aromatic rings. The Hall–Kier alpha value is -0.160. The fraction of sp³-hybridized carbons (Fsp3) is 1.00. The number of rotatable bonds is 7.